The zero-order valence-corrected chi connectivity index (χ0v) is 38.9. The van der Waals surface area contributed by atoms with Crippen LogP contribution in [0.5, 0.6) is 0 Å². The second kappa shape index (κ2) is 24.9. The van der Waals surface area contributed by atoms with Crippen molar-refractivity contribution in [1.29, 1.82) is 0 Å². The summed E-state index contributed by atoms with van der Waals surface area (Å²) in [5.74, 6) is -4.63. The number of amides is 2. The zero-order chi connectivity index (χ0) is 43.6. The third-order valence-electron chi connectivity index (χ3n) is 9.23. The molecule has 322 valence electrons. The fraction of sp³-hybridized carbons (Fsp3) is 0.452. The number of rotatable bonds is 24. The Morgan fingerprint density at radius 2 is 1.31 bits per heavy atom. The SMILES string of the molecule is Cc1ccc(C(OC(=O)C(COBr)CC(=O)C(COBr)NC(=O)C(COBr)CC(=O)C(N)CCCCNC(=O)OC(C)(C)C)(c2ccccc2)c2ccccc2Cl)cc1. The van der Waals surface area contributed by atoms with Crippen molar-refractivity contribution in [3.8, 4) is 0 Å². The largest absolute Gasteiger partial charge is 0.444 e. The molecule has 0 aliphatic heterocycles. The van der Waals surface area contributed by atoms with Crippen molar-refractivity contribution < 1.29 is 44.9 Å². The van der Waals surface area contributed by atoms with Crippen LogP contribution in [-0.4, -0.2) is 73.6 Å². The van der Waals surface area contributed by atoms with Gasteiger partial charge in [-0.25, -0.2) is 4.79 Å². The van der Waals surface area contributed by atoms with E-state index in [0.29, 0.717) is 47.5 Å². The van der Waals surface area contributed by atoms with Gasteiger partial charge in [-0.15, -0.1) is 0 Å². The Kier molecular flexibility index (Phi) is 21.2. The van der Waals surface area contributed by atoms with Gasteiger partial charge in [0.1, 0.15) is 17.4 Å². The van der Waals surface area contributed by atoms with Crippen molar-refractivity contribution in [2.24, 2.45) is 17.6 Å². The van der Waals surface area contributed by atoms with Crippen molar-refractivity contribution in [3.05, 3.63) is 106 Å². The monoisotopic (exact) mass is 1030 g/mol. The van der Waals surface area contributed by atoms with Gasteiger partial charge in [0.15, 0.2) is 11.4 Å². The third kappa shape index (κ3) is 15.6. The summed E-state index contributed by atoms with van der Waals surface area (Å²) in [5, 5.41) is 5.65. The topological polar surface area (TPSA) is 182 Å². The summed E-state index contributed by atoms with van der Waals surface area (Å²) in [6.07, 6.45) is 0.159. The van der Waals surface area contributed by atoms with E-state index in [1.807, 2.05) is 61.5 Å². The van der Waals surface area contributed by atoms with Crippen molar-refractivity contribution >= 4 is 89.9 Å². The lowest BCUT2D eigenvalue weighted by atomic mass is 9.79. The van der Waals surface area contributed by atoms with Crippen molar-refractivity contribution in [1.82, 2.24) is 10.6 Å². The Hall–Kier alpha value is -3.22. The Balaban J connectivity index is 1.78. The highest BCUT2D eigenvalue weighted by Crippen LogP contribution is 2.44. The van der Waals surface area contributed by atoms with Crippen LogP contribution in [0.1, 0.15) is 75.1 Å². The number of ether oxygens (including phenoxy) is 2. The molecule has 17 heteroatoms. The van der Waals surface area contributed by atoms with Crippen LogP contribution in [0.25, 0.3) is 0 Å². The minimum atomic E-state index is -1.54. The molecule has 0 aliphatic carbocycles. The van der Waals surface area contributed by atoms with Crippen molar-refractivity contribution in [3.63, 3.8) is 0 Å². The van der Waals surface area contributed by atoms with E-state index in [4.69, 9.17) is 38.3 Å². The number of ketones is 2. The highest BCUT2D eigenvalue weighted by Gasteiger charge is 2.44. The molecule has 0 saturated heterocycles. The van der Waals surface area contributed by atoms with Crippen molar-refractivity contribution in [2.75, 3.05) is 26.4 Å². The quantitative estimate of drug-likeness (QED) is 0.0448. The summed E-state index contributed by atoms with van der Waals surface area (Å²) in [5.41, 5.74) is 6.71. The van der Waals surface area contributed by atoms with Gasteiger partial charge in [0.2, 0.25) is 5.91 Å². The minimum Gasteiger partial charge on any atom is -0.444 e. The first-order valence-electron chi connectivity index (χ1n) is 19.0. The number of Topliss-reactive ketones (excluding diaryl/α,β-unsaturated/α-hetero) is 2. The zero-order valence-electron chi connectivity index (χ0n) is 33.4. The van der Waals surface area contributed by atoms with Gasteiger partial charge < -0.3 is 37.3 Å². The number of carbonyl (C=O) groups excluding carboxylic acids is 5. The maximum absolute atomic E-state index is 14.4. The summed E-state index contributed by atoms with van der Waals surface area (Å²) < 4.78 is 27.2. The summed E-state index contributed by atoms with van der Waals surface area (Å²) in [6.45, 7) is 6.78. The molecule has 0 heterocycles. The normalized spacial score (nSPS) is 14.5. The Bertz CT molecular complexity index is 1830. The number of carbonyl (C=O) groups is 5. The molecule has 59 heavy (non-hydrogen) atoms. The van der Waals surface area contributed by atoms with E-state index in [1.165, 1.54) is 0 Å². The van der Waals surface area contributed by atoms with Gasteiger partial charge in [-0.1, -0.05) is 90.0 Å². The summed E-state index contributed by atoms with van der Waals surface area (Å²) in [4.78, 5) is 66.9. The van der Waals surface area contributed by atoms with E-state index < -0.39 is 65.3 Å². The molecule has 0 radical (unpaired) electrons. The molecule has 2 amide bonds. The molecule has 0 aromatic heterocycles. The number of hydrogen-bond donors (Lipinski definition) is 3. The molecule has 4 N–H and O–H groups in total. The highest BCUT2D eigenvalue weighted by molar-refractivity contribution is 9.06. The number of nitrogens with two attached hydrogens (primary N) is 1. The number of unbranched alkanes of at least 4 members (excludes halogenated alkanes) is 1. The third-order valence-corrected chi connectivity index (χ3v) is 10.4. The molecule has 0 bridgehead atoms. The molecule has 3 rings (SSSR count). The molecule has 3 aromatic carbocycles. The number of aryl methyl sites for hydroxylation is 1. The molecule has 5 atom stereocenters. The van der Waals surface area contributed by atoms with E-state index in [9.17, 15) is 24.0 Å². The first-order valence-corrected chi connectivity index (χ1v) is 21.3. The standard InChI is InChI=1S/C42H51Br3ClN3O10/c1-27-17-19-31(20-18-27)42(30-12-6-5-7-13-30,32-14-8-9-15-33(32)46)58-39(53)29(25-56-44)23-37(51)35(26-57-45)49-38(52)28(24-55-43)22-36(50)34(47)16-10-11-21-48-40(54)59-41(2,3)4/h5-9,12-15,17-20,28-29,34-35H,10-11,16,21-26,47H2,1-4H3,(H,48,54)(H,49,52). The Morgan fingerprint density at radius 3 is 1.92 bits per heavy atom. The predicted octanol–water partition coefficient (Wildman–Crippen LogP) is 8.12. The molecule has 0 spiro atoms. The van der Waals surface area contributed by atoms with Gasteiger partial charge in [-0.2, -0.15) is 0 Å². The van der Waals surface area contributed by atoms with Gasteiger partial charge in [0.25, 0.3) is 0 Å². The first-order chi connectivity index (χ1) is 28.1. The lowest BCUT2D eigenvalue weighted by molar-refractivity contribution is -0.161. The van der Waals surface area contributed by atoms with Crippen LogP contribution in [0.2, 0.25) is 5.02 Å². The molecule has 5 unspecified atom stereocenters. The number of alkyl carbamates (subject to hydrolysis) is 1. The lowest BCUT2D eigenvalue weighted by Crippen LogP contribution is -2.48. The van der Waals surface area contributed by atoms with Crippen LogP contribution < -0.4 is 16.4 Å². The highest BCUT2D eigenvalue weighted by atomic mass is 79.9. The van der Waals surface area contributed by atoms with Crippen LogP contribution in [0.3, 0.4) is 0 Å². The van der Waals surface area contributed by atoms with E-state index >= 15 is 0 Å². The van der Waals surface area contributed by atoms with Crippen LogP contribution in [0, 0.1) is 18.8 Å². The molecule has 3 aromatic rings. The maximum Gasteiger partial charge on any atom is 0.407 e. The predicted molar refractivity (Wildman–Crippen MR) is 234 cm³/mol. The Morgan fingerprint density at radius 1 is 0.729 bits per heavy atom. The van der Waals surface area contributed by atoms with Crippen LogP contribution in [0.4, 0.5) is 4.79 Å². The number of benzene rings is 3. The molecule has 0 saturated carbocycles. The second-order valence-corrected chi connectivity index (χ2v) is 16.7. The average molecular weight is 1030 g/mol. The molecule has 13 nitrogen and oxygen atoms in total. The molecule has 0 aliphatic rings. The summed E-state index contributed by atoms with van der Waals surface area (Å²) >= 11 is 15.5. The smallest absolute Gasteiger partial charge is 0.407 e. The summed E-state index contributed by atoms with van der Waals surface area (Å²) in [6, 6.07) is 21.6. The van der Waals surface area contributed by atoms with Crippen molar-refractivity contribution in [2.45, 2.75) is 83.1 Å². The minimum absolute atomic E-state index is 0.213. The maximum atomic E-state index is 14.4. The molecular weight excluding hydrogens is 982 g/mol. The first kappa shape index (κ1) is 50.1. The Labute approximate surface area is 376 Å². The molecular formula is C42H51Br3ClN3O10. The average Bonchev–Trinajstić information content (AvgIpc) is 3.19. The second-order valence-electron chi connectivity index (χ2n) is 15.0. The molecule has 0 fully saturated rings. The van der Waals surface area contributed by atoms with E-state index in [0.717, 1.165) is 5.56 Å². The van der Waals surface area contributed by atoms with E-state index in [1.54, 1.807) is 45.0 Å². The lowest BCUT2D eigenvalue weighted by Gasteiger charge is -2.37. The fourth-order valence-electron chi connectivity index (χ4n) is 6.18. The van der Waals surface area contributed by atoms with Gasteiger partial charge >= 0.3 is 12.1 Å². The number of esters is 1. The summed E-state index contributed by atoms with van der Waals surface area (Å²) in [7, 11) is 0. The van der Waals surface area contributed by atoms with Gasteiger partial charge in [-0.3, -0.25) is 19.2 Å². The van der Waals surface area contributed by atoms with Crippen LogP contribution >= 0.6 is 60.4 Å². The number of nitrogens with one attached hydrogen (secondary N) is 2. The van der Waals surface area contributed by atoms with Crippen LogP contribution in [-0.2, 0) is 45.7 Å². The number of halogens is 4. The van der Waals surface area contributed by atoms with Crippen LogP contribution in [0.15, 0.2) is 78.9 Å². The fourth-order valence-corrected chi connectivity index (χ4v) is 7.36. The van der Waals surface area contributed by atoms with Gasteiger partial charge in [0, 0.05) is 41.1 Å². The van der Waals surface area contributed by atoms with Gasteiger partial charge in [-0.05, 0) is 53.0 Å². The van der Waals surface area contributed by atoms with E-state index in [2.05, 4.69) is 59.4 Å². The number of hydrogen-bond acceptors (Lipinski definition) is 11. The van der Waals surface area contributed by atoms with Gasteiger partial charge in [0.05, 0.1) is 86.5 Å². The van der Waals surface area contributed by atoms with E-state index in [-0.39, 0.29) is 32.0 Å².